The summed E-state index contributed by atoms with van der Waals surface area (Å²) in [5.74, 6) is 1.57. The van der Waals surface area contributed by atoms with Crippen molar-refractivity contribution in [1.82, 2.24) is 0 Å². The van der Waals surface area contributed by atoms with E-state index in [2.05, 4.69) is 0 Å². The zero-order valence-electron chi connectivity index (χ0n) is 12.6. The molecule has 0 heterocycles. The minimum absolute atomic E-state index is 0.0352. The summed E-state index contributed by atoms with van der Waals surface area (Å²) < 4.78 is 11.2. The number of hydrogen-bond donors (Lipinski definition) is 2. The fourth-order valence-corrected chi connectivity index (χ4v) is 2.10. The van der Waals surface area contributed by atoms with Crippen LogP contribution in [0.3, 0.4) is 0 Å². The van der Waals surface area contributed by atoms with Gasteiger partial charge in [-0.3, -0.25) is 5.41 Å². The maximum absolute atomic E-state index is 7.49. The smallest absolute Gasteiger partial charge is 0.125 e. The molecule has 21 heavy (non-hydrogen) atoms. The Morgan fingerprint density at radius 2 is 1.86 bits per heavy atom. The highest BCUT2D eigenvalue weighted by atomic mass is 16.5. The highest BCUT2D eigenvalue weighted by Crippen LogP contribution is 2.24. The average molecular weight is 284 g/mol. The van der Waals surface area contributed by atoms with Crippen LogP contribution < -0.4 is 15.2 Å². The summed E-state index contributed by atoms with van der Waals surface area (Å²) in [7, 11) is 1.65. The van der Waals surface area contributed by atoms with Crippen LogP contribution >= 0.6 is 0 Å². The van der Waals surface area contributed by atoms with E-state index < -0.39 is 0 Å². The molecule has 0 spiro atoms. The molecule has 0 aliphatic heterocycles. The largest absolute Gasteiger partial charge is 0.496 e. The first-order valence-corrected chi connectivity index (χ1v) is 6.72. The van der Waals surface area contributed by atoms with E-state index in [9.17, 15) is 0 Å². The number of nitrogen functional groups attached to an aromatic ring is 1. The number of nitrogens with two attached hydrogens (primary N) is 1. The summed E-state index contributed by atoms with van der Waals surface area (Å²) in [6, 6.07) is 11.5. The Balaban J connectivity index is 2.22. The van der Waals surface area contributed by atoms with Crippen LogP contribution in [-0.2, 0) is 6.61 Å². The summed E-state index contributed by atoms with van der Waals surface area (Å²) in [5.41, 5.74) is 9.33. The van der Waals surface area contributed by atoms with Gasteiger partial charge in [-0.2, -0.15) is 0 Å². The van der Waals surface area contributed by atoms with E-state index in [0.717, 1.165) is 28.2 Å². The topological polar surface area (TPSA) is 68.3 Å². The van der Waals surface area contributed by atoms with Gasteiger partial charge in [0.05, 0.1) is 7.11 Å². The summed E-state index contributed by atoms with van der Waals surface area (Å²) in [6.45, 7) is 4.41. The van der Waals surface area contributed by atoms with Crippen molar-refractivity contribution in [1.29, 1.82) is 5.41 Å². The highest BCUT2D eigenvalue weighted by Gasteiger charge is 2.07. The zero-order valence-corrected chi connectivity index (χ0v) is 12.6. The molecule has 0 bridgehead atoms. The van der Waals surface area contributed by atoms with E-state index in [1.54, 1.807) is 13.2 Å². The molecule has 0 saturated carbocycles. The van der Waals surface area contributed by atoms with Crippen LogP contribution in [0.25, 0.3) is 0 Å². The van der Waals surface area contributed by atoms with Crippen molar-refractivity contribution in [2.75, 3.05) is 7.11 Å². The normalized spacial score (nSPS) is 10.2. The Hall–Kier alpha value is -2.49. The van der Waals surface area contributed by atoms with Gasteiger partial charge in [-0.05, 0) is 37.6 Å². The van der Waals surface area contributed by atoms with Gasteiger partial charge in [-0.15, -0.1) is 0 Å². The Bertz CT molecular complexity index is 666. The summed E-state index contributed by atoms with van der Waals surface area (Å²) in [6.07, 6.45) is 0. The van der Waals surface area contributed by atoms with E-state index in [1.807, 2.05) is 44.2 Å². The van der Waals surface area contributed by atoms with E-state index in [-0.39, 0.29) is 5.84 Å². The van der Waals surface area contributed by atoms with Gasteiger partial charge < -0.3 is 15.2 Å². The number of hydrogen-bond acceptors (Lipinski definition) is 3. The molecular formula is C17H20N2O2. The Morgan fingerprint density at radius 1 is 1.10 bits per heavy atom. The predicted octanol–water partition coefficient (Wildman–Crippen LogP) is 3.18. The number of aryl methyl sites for hydroxylation is 2. The molecule has 0 aliphatic carbocycles. The van der Waals surface area contributed by atoms with Gasteiger partial charge in [0.15, 0.2) is 0 Å². The second-order valence-electron chi connectivity index (χ2n) is 5.00. The number of ether oxygens (including phenoxy) is 2. The summed E-state index contributed by atoms with van der Waals surface area (Å²) in [5, 5.41) is 7.49. The predicted molar refractivity (Wildman–Crippen MR) is 84.3 cm³/mol. The van der Waals surface area contributed by atoms with Crippen LogP contribution in [0.2, 0.25) is 0 Å². The van der Waals surface area contributed by atoms with Crippen molar-refractivity contribution in [3.05, 3.63) is 58.7 Å². The second kappa shape index (κ2) is 6.31. The molecule has 2 aromatic rings. The monoisotopic (exact) mass is 284 g/mol. The molecule has 2 rings (SSSR count). The second-order valence-corrected chi connectivity index (χ2v) is 5.00. The van der Waals surface area contributed by atoms with Crippen molar-refractivity contribution in [3.8, 4) is 11.5 Å². The molecule has 0 aromatic heterocycles. The van der Waals surface area contributed by atoms with E-state index >= 15 is 0 Å². The zero-order chi connectivity index (χ0) is 15.4. The van der Waals surface area contributed by atoms with Crippen molar-refractivity contribution in [2.24, 2.45) is 5.73 Å². The maximum Gasteiger partial charge on any atom is 0.125 e. The molecule has 110 valence electrons. The number of nitrogens with one attached hydrogen (secondary N) is 1. The third-order valence-corrected chi connectivity index (χ3v) is 3.32. The number of rotatable bonds is 5. The number of methoxy groups -OCH3 is 1. The van der Waals surface area contributed by atoms with Gasteiger partial charge in [0.25, 0.3) is 0 Å². The Kier molecular flexibility index (Phi) is 4.48. The molecule has 0 amide bonds. The molecule has 0 unspecified atom stereocenters. The SMILES string of the molecule is COc1ccc(C)cc1COc1cc(C(=N)N)ccc1C. The van der Waals surface area contributed by atoms with Crippen LogP contribution in [0.1, 0.15) is 22.3 Å². The minimum Gasteiger partial charge on any atom is -0.496 e. The van der Waals surface area contributed by atoms with E-state index in [4.69, 9.17) is 20.6 Å². The van der Waals surface area contributed by atoms with Gasteiger partial charge >= 0.3 is 0 Å². The summed E-state index contributed by atoms with van der Waals surface area (Å²) >= 11 is 0. The molecular weight excluding hydrogens is 264 g/mol. The quantitative estimate of drug-likeness (QED) is 0.654. The molecule has 2 aromatic carbocycles. The van der Waals surface area contributed by atoms with Crippen LogP contribution in [0.5, 0.6) is 11.5 Å². The first-order chi connectivity index (χ1) is 10.0. The van der Waals surface area contributed by atoms with Gasteiger partial charge in [0, 0.05) is 11.1 Å². The van der Waals surface area contributed by atoms with Crippen molar-refractivity contribution in [2.45, 2.75) is 20.5 Å². The minimum atomic E-state index is 0.0352. The fraction of sp³-hybridized carbons (Fsp3) is 0.235. The molecule has 0 saturated heterocycles. The molecule has 0 atom stereocenters. The average Bonchev–Trinajstić information content (AvgIpc) is 2.46. The molecule has 4 nitrogen and oxygen atoms in total. The fourth-order valence-electron chi connectivity index (χ4n) is 2.10. The summed E-state index contributed by atoms with van der Waals surface area (Å²) in [4.78, 5) is 0. The van der Waals surface area contributed by atoms with Crippen LogP contribution in [0.4, 0.5) is 0 Å². The van der Waals surface area contributed by atoms with Crippen molar-refractivity contribution in [3.63, 3.8) is 0 Å². The third kappa shape index (κ3) is 3.54. The molecule has 3 N–H and O–H groups in total. The van der Waals surface area contributed by atoms with Crippen molar-refractivity contribution >= 4 is 5.84 Å². The Labute approximate surface area is 125 Å². The molecule has 0 fully saturated rings. The lowest BCUT2D eigenvalue weighted by atomic mass is 10.1. The molecule has 0 aliphatic rings. The number of amidine groups is 1. The van der Waals surface area contributed by atoms with Crippen molar-refractivity contribution < 1.29 is 9.47 Å². The van der Waals surface area contributed by atoms with Crippen LogP contribution in [0, 0.1) is 19.3 Å². The first kappa shape index (κ1) is 14.9. The lowest BCUT2D eigenvalue weighted by Crippen LogP contribution is -2.11. The standard InChI is InChI=1S/C17H20N2O2/c1-11-4-7-15(20-3)14(8-11)10-21-16-9-13(17(18)19)6-5-12(16)2/h4-9H,10H2,1-3H3,(H3,18,19). The van der Waals surface area contributed by atoms with Crippen LogP contribution in [-0.4, -0.2) is 12.9 Å². The van der Waals surface area contributed by atoms with Gasteiger partial charge in [-0.1, -0.05) is 23.8 Å². The Morgan fingerprint density at radius 3 is 2.52 bits per heavy atom. The molecule has 0 radical (unpaired) electrons. The van der Waals surface area contributed by atoms with Crippen LogP contribution in [0.15, 0.2) is 36.4 Å². The third-order valence-electron chi connectivity index (χ3n) is 3.32. The maximum atomic E-state index is 7.49. The van der Waals surface area contributed by atoms with Gasteiger partial charge in [0.1, 0.15) is 23.9 Å². The lowest BCUT2D eigenvalue weighted by molar-refractivity contribution is 0.294. The van der Waals surface area contributed by atoms with Gasteiger partial charge in [0.2, 0.25) is 0 Å². The highest BCUT2D eigenvalue weighted by molar-refractivity contribution is 5.95. The van der Waals surface area contributed by atoms with Gasteiger partial charge in [-0.25, -0.2) is 0 Å². The molecule has 4 heteroatoms. The first-order valence-electron chi connectivity index (χ1n) is 6.72. The number of benzene rings is 2. The van der Waals surface area contributed by atoms with E-state index in [1.165, 1.54) is 0 Å². The lowest BCUT2D eigenvalue weighted by Gasteiger charge is -2.13. The van der Waals surface area contributed by atoms with E-state index in [0.29, 0.717) is 12.2 Å².